The Labute approximate surface area is 157 Å². The number of unbranched alkanes of at least 4 members (excludes halogenated alkanes) is 14. The van der Waals surface area contributed by atoms with Crippen LogP contribution in [0.4, 0.5) is 0 Å². The molecule has 1 amide bonds. The summed E-state index contributed by atoms with van der Waals surface area (Å²) < 4.78 is 0. The van der Waals surface area contributed by atoms with Gasteiger partial charge in [-0.25, -0.2) is 0 Å². The molecule has 0 saturated carbocycles. The van der Waals surface area contributed by atoms with Crippen LogP contribution in [-0.2, 0) is 4.79 Å². The standard InChI is InChI=1S/C18H37NO.C3H7Cl/c1-2-3-4-5-6-7-8-9-10-11-12-13-14-15-16-17-18(19)20;1-2-3-4/h2-17H2,1H3,(H2,19,20);2-3H2,1H3. The van der Waals surface area contributed by atoms with E-state index in [9.17, 15) is 4.79 Å². The smallest absolute Gasteiger partial charge is 0.217 e. The molecule has 0 radical (unpaired) electrons. The van der Waals surface area contributed by atoms with Gasteiger partial charge in [0.1, 0.15) is 0 Å². The Kier molecular flexibility index (Phi) is 27.1. The maximum atomic E-state index is 10.6. The lowest BCUT2D eigenvalue weighted by atomic mass is 10.0. The molecule has 0 spiro atoms. The van der Waals surface area contributed by atoms with Gasteiger partial charge in [-0.3, -0.25) is 4.79 Å². The number of halogens is 1. The van der Waals surface area contributed by atoms with E-state index in [4.69, 9.17) is 17.3 Å². The minimum atomic E-state index is -0.153. The topological polar surface area (TPSA) is 43.1 Å². The van der Waals surface area contributed by atoms with E-state index < -0.39 is 0 Å². The molecule has 24 heavy (non-hydrogen) atoms. The Morgan fingerprint density at radius 1 is 0.625 bits per heavy atom. The average molecular weight is 362 g/mol. The number of carbonyl (C=O) groups is 1. The lowest BCUT2D eigenvalue weighted by Crippen LogP contribution is -2.09. The quantitative estimate of drug-likeness (QED) is 0.213. The predicted octanol–water partition coefficient (Wildman–Crippen LogP) is 7.37. The van der Waals surface area contributed by atoms with Crippen molar-refractivity contribution in [2.24, 2.45) is 5.73 Å². The van der Waals surface area contributed by atoms with Gasteiger partial charge in [-0.15, -0.1) is 11.6 Å². The van der Waals surface area contributed by atoms with Crippen molar-refractivity contribution in [2.45, 2.75) is 123 Å². The first-order chi connectivity index (χ1) is 11.7. The highest BCUT2D eigenvalue weighted by atomic mass is 35.5. The van der Waals surface area contributed by atoms with Crippen molar-refractivity contribution in [3.05, 3.63) is 0 Å². The van der Waals surface area contributed by atoms with Crippen LogP contribution in [0.15, 0.2) is 0 Å². The molecule has 0 bridgehead atoms. The van der Waals surface area contributed by atoms with Gasteiger partial charge in [0.2, 0.25) is 5.91 Å². The fourth-order valence-corrected chi connectivity index (χ4v) is 2.67. The molecule has 0 aromatic carbocycles. The van der Waals surface area contributed by atoms with E-state index in [0.717, 1.165) is 18.7 Å². The van der Waals surface area contributed by atoms with E-state index in [1.54, 1.807) is 0 Å². The third-order valence-electron chi connectivity index (χ3n) is 4.22. The summed E-state index contributed by atoms with van der Waals surface area (Å²) in [6.45, 7) is 4.32. The minimum Gasteiger partial charge on any atom is -0.370 e. The number of amides is 1. The van der Waals surface area contributed by atoms with Gasteiger partial charge in [-0.2, -0.15) is 0 Å². The van der Waals surface area contributed by atoms with Crippen LogP contribution in [0, 0.1) is 0 Å². The zero-order valence-corrected chi connectivity index (χ0v) is 17.3. The van der Waals surface area contributed by atoms with Crippen LogP contribution in [0.5, 0.6) is 0 Å². The van der Waals surface area contributed by atoms with Gasteiger partial charge in [0.05, 0.1) is 0 Å². The molecule has 0 aromatic rings. The number of carbonyl (C=O) groups excluding carboxylic acids is 1. The zero-order valence-electron chi connectivity index (χ0n) is 16.6. The van der Waals surface area contributed by atoms with Crippen molar-refractivity contribution in [1.82, 2.24) is 0 Å². The molecule has 0 aliphatic heterocycles. The maximum absolute atomic E-state index is 10.6. The molecule has 2 N–H and O–H groups in total. The van der Waals surface area contributed by atoms with Crippen molar-refractivity contribution in [3.8, 4) is 0 Å². The summed E-state index contributed by atoms with van der Waals surface area (Å²) in [6, 6.07) is 0. The highest BCUT2D eigenvalue weighted by molar-refractivity contribution is 6.17. The number of alkyl halides is 1. The van der Waals surface area contributed by atoms with Crippen LogP contribution in [0.3, 0.4) is 0 Å². The van der Waals surface area contributed by atoms with E-state index >= 15 is 0 Å². The Balaban J connectivity index is 0. The Morgan fingerprint density at radius 2 is 0.917 bits per heavy atom. The number of primary amides is 1. The second-order valence-corrected chi connectivity index (χ2v) is 7.23. The Morgan fingerprint density at radius 3 is 1.17 bits per heavy atom. The van der Waals surface area contributed by atoms with E-state index in [1.807, 2.05) is 6.92 Å². The van der Waals surface area contributed by atoms with E-state index in [-0.39, 0.29) is 5.91 Å². The maximum Gasteiger partial charge on any atom is 0.217 e. The molecule has 2 nitrogen and oxygen atoms in total. The van der Waals surface area contributed by atoms with Crippen molar-refractivity contribution < 1.29 is 4.79 Å². The molecule has 0 fully saturated rings. The fourth-order valence-electron chi connectivity index (χ4n) is 2.67. The molecule has 0 atom stereocenters. The normalized spacial score (nSPS) is 10.3. The van der Waals surface area contributed by atoms with Crippen molar-refractivity contribution >= 4 is 17.5 Å². The predicted molar refractivity (Wildman–Crippen MR) is 110 cm³/mol. The van der Waals surface area contributed by atoms with E-state index in [1.165, 1.54) is 89.9 Å². The third-order valence-corrected chi connectivity index (χ3v) is 4.59. The molecule has 0 unspecified atom stereocenters. The molecule has 3 heteroatoms. The van der Waals surface area contributed by atoms with Gasteiger partial charge in [0, 0.05) is 12.3 Å². The van der Waals surface area contributed by atoms with Gasteiger partial charge >= 0.3 is 0 Å². The highest BCUT2D eigenvalue weighted by Gasteiger charge is 1.96. The fraction of sp³-hybridized carbons (Fsp3) is 0.952. The first-order valence-electron chi connectivity index (χ1n) is 10.5. The van der Waals surface area contributed by atoms with Crippen molar-refractivity contribution in [1.29, 1.82) is 0 Å². The Bertz CT molecular complexity index is 232. The number of rotatable bonds is 17. The summed E-state index contributed by atoms with van der Waals surface area (Å²) in [5, 5.41) is 0. The van der Waals surface area contributed by atoms with Crippen LogP contribution < -0.4 is 5.73 Å². The minimum absolute atomic E-state index is 0.153. The highest BCUT2D eigenvalue weighted by Crippen LogP contribution is 2.13. The van der Waals surface area contributed by atoms with E-state index in [0.29, 0.717) is 6.42 Å². The summed E-state index contributed by atoms with van der Waals surface area (Å²) in [5.74, 6) is 0.639. The number of nitrogens with two attached hydrogens (primary N) is 1. The van der Waals surface area contributed by atoms with Gasteiger partial charge in [0.15, 0.2) is 0 Å². The summed E-state index contributed by atoms with van der Waals surface area (Å²) in [4.78, 5) is 10.6. The van der Waals surface area contributed by atoms with Crippen molar-refractivity contribution in [2.75, 3.05) is 5.88 Å². The summed E-state index contributed by atoms with van der Waals surface area (Å²) in [7, 11) is 0. The number of hydrogen-bond acceptors (Lipinski definition) is 1. The lowest BCUT2D eigenvalue weighted by molar-refractivity contribution is -0.118. The first kappa shape index (κ1) is 26.0. The molecular weight excluding hydrogens is 318 g/mol. The molecule has 0 aliphatic rings. The van der Waals surface area contributed by atoms with Gasteiger partial charge in [-0.1, -0.05) is 104 Å². The van der Waals surface area contributed by atoms with Gasteiger partial charge in [-0.05, 0) is 12.8 Å². The molecule has 0 aromatic heterocycles. The zero-order chi connectivity index (χ0) is 18.3. The summed E-state index contributed by atoms with van der Waals surface area (Å²) in [6.07, 6.45) is 22.0. The number of hydrogen-bond donors (Lipinski definition) is 1. The van der Waals surface area contributed by atoms with Crippen LogP contribution in [-0.4, -0.2) is 11.8 Å². The largest absolute Gasteiger partial charge is 0.370 e. The molecule has 0 heterocycles. The second-order valence-electron chi connectivity index (χ2n) is 6.86. The summed E-state index contributed by atoms with van der Waals surface area (Å²) >= 11 is 5.19. The monoisotopic (exact) mass is 361 g/mol. The van der Waals surface area contributed by atoms with Crippen LogP contribution in [0.2, 0.25) is 0 Å². The average Bonchev–Trinajstić information content (AvgIpc) is 2.58. The van der Waals surface area contributed by atoms with E-state index in [2.05, 4.69) is 6.92 Å². The summed E-state index contributed by atoms with van der Waals surface area (Å²) in [5.41, 5.74) is 5.11. The molecular formula is C21H44ClNO. The lowest BCUT2D eigenvalue weighted by Gasteiger charge is -2.03. The van der Waals surface area contributed by atoms with Crippen molar-refractivity contribution in [3.63, 3.8) is 0 Å². The van der Waals surface area contributed by atoms with Crippen LogP contribution in [0.1, 0.15) is 123 Å². The van der Waals surface area contributed by atoms with Crippen LogP contribution in [0.25, 0.3) is 0 Å². The first-order valence-corrected chi connectivity index (χ1v) is 11.1. The Hall–Kier alpha value is -0.240. The SMILES string of the molecule is CCCCCCCCCCCCCCCCCC(N)=O.CCCCl. The van der Waals surface area contributed by atoms with Gasteiger partial charge < -0.3 is 5.73 Å². The third kappa shape index (κ3) is 29.7. The molecule has 0 saturated heterocycles. The second kappa shape index (κ2) is 25.0. The molecule has 146 valence electrons. The molecule has 0 rings (SSSR count). The van der Waals surface area contributed by atoms with Gasteiger partial charge in [0.25, 0.3) is 0 Å². The molecule has 0 aliphatic carbocycles. The van der Waals surface area contributed by atoms with Crippen LogP contribution >= 0.6 is 11.6 Å².